The second-order valence-corrected chi connectivity index (χ2v) is 9.05. The summed E-state index contributed by atoms with van der Waals surface area (Å²) in [6.07, 6.45) is 0. The van der Waals surface area contributed by atoms with Crippen LogP contribution in [0.2, 0.25) is 0 Å². The SMILES string of the molecule is Cc1ccc(CN(Cc2ccc(F)cc2)C(=O)CN(CCN2CCOCC2)C(=O)c2ccccc2F)o1. The third kappa shape index (κ3) is 7.47. The molecule has 37 heavy (non-hydrogen) atoms. The van der Waals surface area contributed by atoms with E-state index in [1.807, 2.05) is 13.0 Å². The lowest BCUT2D eigenvalue weighted by atomic mass is 10.1. The fourth-order valence-electron chi connectivity index (χ4n) is 4.21. The first kappa shape index (κ1) is 26.5. The number of hydrogen-bond acceptors (Lipinski definition) is 5. The summed E-state index contributed by atoms with van der Waals surface area (Å²) in [5, 5.41) is 0. The Morgan fingerprint density at radius 2 is 1.65 bits per heavy atom. The number of ether oxygens (including phenoxy) is 1. The number of furan rings is 1. The lowest BCUT2D eigenvalue weighted by Gasteiger charge is -2.31. The Labute approximate surface area is 215 Å². The quantitative estimate of drug-likeness (QED) is 0.414. The van der Waals surface area contributed by atoms with Crippen LogP contribution in [0, 0.1) is 18.6 Å². The summed E-state index contributed by atoms with van der Waals surface area (Å²) in [5.74, 6) is -0.571. The fraction of sp³-hybridized carbons (Fsp3) is 0.357. The van der Waals surface area contributed by atoms with Crippen LogP contribution in [0.5, 0.6) is 0 Å². The first-order valence-electron chi connectivity index (χ1n) is 12.3. The second-order valence-electron chi connectivity index (χ2n) is 9.05. The van der Waals surface area contributed by atoms with E-state index in [0.29, 0.717) is 31.3 Å². The van der Waals surface area contributed by atoms with Crippen LogP contribution in [-0.4, -0.2) is 72.5 Å². The summed E-state index contributed by atoms with van der Waals surface area (Å²) < 4.78 is 39.0. The van der Waals surface area contributed by atoms with E-state index >= 15 is 0 Å². The normalized spacial score (nSPS) is 13.9. The van der Waals surface area contributed by atoms with Crippen molar-refractivity contribution in [1.82, 2.24) is 14.7 Å². The molecule has 9 heteroatoms. The number of carbonyl (C=O) groups excluding carboxylic acids is 2. The summed E-state index contributed by atoms with van der Waals surface area (Å²) in [4.78, 5) is 32.1. The van der Waals surface area contributed by atoms with Crippen molar-refractivity contribution in [2.75, 3.05) is 45.9 Å². The molecule has 0 aliphatic carbocycles. The van der Waals surface area contributed by atoms with Crippen molar-refractivity contribution >= 4 is 11.8 Å². The molecule has 0 atom stereocenters. The van der Waals surface area contributed by atoms with E-state index in [2.05, 4.69) is 4.90 Å². The third-order valence-corrected chi connectivity index (χ3v) is 6.29. The Kier molecular flexibility index (Phi) is 9.03. The Morgan fingerprint density at radius 1 is 0.919 bits per heavy atom. The van der Waals surface area contributed by atoms with Gasteiger partial charge < -0.3 is 19.0 Å². The standard InChI is InChI=1S/C28H31F2N3O4/c1-21-6-11-24(37-21)19-33(18-22-7-9-23(29)10-8-22)27(34)20-32(13-12-31-14-16-36-17-15-31)28(35)25-4-2-3-5-26(25)30/h2-11H,12-20H2,1H3. The van der Waals surface area contributed by atoms with Crippen molar-refractivity contribution in [3.05, 3.63) is 94.9 Å². The van der Waals surface area contributed by atoms with Crippen LogP contribution >= 0.6 is 0 Å². The van der Waals surface area contributed by atoms with E-state index in [0.717, 1.165) is 18.7 Å². The van der Waals surface area contributed by atoms with Crippen molar-refractivity contribution in [2.45, 2.75) is 20.0 Å². The third-order valence-electron chi connectivity index (χ3n) is 6.29. The zero-order valence-corrected chi connectivity index (χ0v) is 20.9. The highest BCUT2D eigenvalue weighted by molar-refractivity contribution is 5.96. The minimum absolute atomic E-state index is 0.0796. The van der Waals surface area contributed by atoms with Gasteiger partial charge in [-0.3, -0.25) is 14.5 Å². The van der Waals surface area contributed by atoms with Gasteiger partial charge in [-0.05, 0) is 48.9 Å². The minimum atomic E-state index is -0.634. The molecule has 2 heterocycles. The summed E-state index contributed by atoms with van der Waals surface area (Å²) in [5.41, 5.74) is 0.655. The number of carbonyl (C=O) groups is 2. The van der Waals surface area contributed by atoms with Crippen molar-refractivity contribution in [3.8, 4) is 0 Å². The molecule has 0 spiro atoms. The highest BCUT2D eigenvalue weighted by atomic mass is 19.1. The molecule has 3 aromatic rings. The molecule has 1 aliphatic heterocycles. The molecule has 4 rings (SSSR count). The van der Waals surface area contributed by atoms with E-state index in [9.17, 15) is 18.4 Å². The maximum atomic E-state index is 14.5. The summed E-state index contributed by atoms with van der Waals surface area (Å²) in [6, 6.07) is 15.3. The Balaban J connectivity index is 1.54. The predicted octanol–water partition coefficient (Wildman–Crippen LogP) is 3.87. The first-order valence-corrected chi connectivity index (χ1v) is 12.3. The number of rotatable bonds is 10. The van der Waals surface area contributed by atoms with E-state index in [1.54, 1.807) is 29.2 Å². The number of benzene rings is 2. The predicted molar refractivity (Wildman–Crippen MR) is 134 cm³/mol. The molecule has 2 amide bonds. The van der Waals surface area contributed by atoms with Gasteiger partial charge in [-0.2, -0.15) is 0 Å². The molecule has 1 aliphatic rings. The van der Waals surface area contributed by atoms with Gasteiger partial charge in [0.05, 0.1) is 25.3 Å². The smallest absolute Gasteiger partial charge is 0.257 e. The molecule has 196 valence electrons. The molecule has 0 radical (unpaired) electrons. The topological polar surface area (TPSA) is 66.2 Å². The molecule has 0 saturated carbocycles. The maximum Gasteiger partial charge on any atom is 0.257 e. The summed E-state index contributed by atoms with van der Waals surface area (Å²) in [6.45, 7) is 5.40. The zero-order chi connectivity index (χ0) is 26.2. The Hall–Kier alpha value is -3.56. The van der Waals surface area contributed by atoms with Gasteiger partial charge in [-0.1, -0.05) is 24.3 Å². The molecular weight excluding hydrogens is 480 g/mol. The monoisotopic (exact) mass is 511 g/mol. The number of hydrogen-bond donors (Lipinski definition) is 0. The van der Waals surface area contributed by atoms with Gasteiger partial charge in [-0.25, -0.2) is 8.78 Å². The molecule has 1 aromatic heterocycles. The van der Waals surface area contributed by atoms with Gasteiger partial charge in [0.15, 0.2) is 0 Å². The number of halogens is 2. The van der Waals surface area contributed by atoms with Gasteiger partial charge in [-0.15, -0.1) is 0 Å². The average molecular weight is 512 g/mol. The van der Waals surface area contributed by atoms with Crippen molar-refractivity contribution in [1.29, 1.82) is 0 Å². The lowest BCUT2D eigenvalue weighted by molar-refractivity contribution is -0.133. The van der Waals surface area contributed by atoms with Crippen LogP contribution in [0.15, 0.2) is 65.1 Å². The van der Waals surface area contributed by atoms with E-state index in [-0.39, 0.29) is 43.5 Å². The van der Waals surface area contributed by atoms with Crippen LogP contribution in [-0.2, 0) is 22.6 Å². The zero-order valence-electron chi connectivity index (χ0n) is 20.9. The van der Waals surface area contributed by atoms with Gasteiger partial charge in [0.25, 0.3) is 5.91 Å². The van der Waals surface area contributed by atoms with Crippen LogP contribution in [0.25, 0.3) is 0 Å². The van der Waals surface area contributed by atoms with E-state index in [1.165, 1.54) is 35.2 Å². The average Bonchev–Trinajstić information content (AvgIpc) is 3.32. The number of aryl methyl sites for hydroxylation is 1. The molecule has 0 N–H and O–H groups in total. The largest absolute Gasteiger partial charge is 0.464 e. The molecule has 2 aromatic carbocycles. The summed E-state index contributed by atoms with van der Waals surface area (Å²) >= 11 is 0. The minimum Gasteiger partial charge on any atom is -0.464 e. The van der Waals surface area contributed by atoms with Gasteiger partial charge in [0.2, 0.25) is 5.91 Å². The van der Waals surface area contributed by atoms with Crippen LogP contribution < -0.4 is 0 Å². The van der Waals surface area contributed by atoms with Crippen molar-refractivity contribution in [3.63, 3.8) is 0 Å². The van der Waals surface area contributed by atoms with Crippen LogP contribution in [0.3, 0.4) is 0 Å². The molecule has 1 saturated heterocycles. The molecular formula is C28H31F2N3O4. The molecule has 1 fully saturated rings. The van der Waals surface area contributed by atoms with E-state index in [4.69, 9.17) is 9.15 Å². The Bertz CT molecular complexity index is 1190. The van der Waals surface area contributed by atoms with Crippen LogP contribution in [0.1, 0.15) is 27.4 Å². The highest BCUT2D eigenvalue weighted by Crippen LogP contribution is 2.16. The fourth-order valence-corrected chi connectivity index (χ4v) is 4.21. The van der Waals surface area contributed by atoms with E-state index < -0.39 is 11.7 Å². The number of morpholine rings is 1. The lowest BCUT2D eigenvalue weighted by Crippen LogP contribution is -2.47. The molecule has 0 unspecified atom stereocenters. The summed E-state index contributed by atoms with van der Waals surface area (Å²) in [7, 11) is 0. The molecule has 0 bridgehead atoms. The second kappa shape index (κ2) is 12.6. The number of nitrogens with zero attached hydrogens (tertiary/aromatic N) is 3. The molecule has 7 nitrogen and oxygen atoms in total. The number of amides is 2. The highest BCUT2D eigenvalue weighted by Gasteiger charge is 2.26. The van der Waals surface area contributed by atoms with Crippen molar-refractivity contribution < 1.29 is 27.5 Å². The van der Waals surface area contributed by atoms with Gasteiger partial charge >= 0.3 is 0 Å². The van der Waals surface area contributed by atoms with Gasteiger partial charge in [0, 0.05) is 32.7 Å². The Morgan fingerprint density at radius 3 is 2.32 bits per heavy atom. The van der Waals surface area contributed by atoms with Crippen molar-refractivity contribution in [2.24, 2.45) is 0 Å². The van der Waals surface area contributed by atoms with Crippen LogP contribution in [0.4, 0.5) is 8.78 Å². The maximum absolute atomic E-state index is 14.5. The first-order chi connectivity index (χ1) is 17.9. The van der Waals surface area contributed by atoms with Gasteiger partial charge in [0.1, 0.15) is 29.7 Å².